The summed E-state index contributed by atoms with van der Waals surface area (Å²) in [5, 5.41) is 5.37. The summed E-state index contributed by atoms with van der Waals surface area (Å²) < 4.78 is 0.696. The van der Waals surface area contributed by atoms with Crippen LogP contribution in [-0.2, 0) is 4.79 Å². The Morgan fingerprint density at radius 1 is 1.04 bits per heavy atom. The van der Waals surface area contributed by atoms with Crippen LogP contribution in [0.25, 0.3) is 0 Å². The second-order valence-corrected chi connectivity index (χ2v) is 6.34. The predicted molar refractivity (Wildman–Crippen MR) is 95.6 cm³/mol. The molecule has 2 aromatic carbocycles. The highest BCUT2D eigenvalue weighted by Crippen LogP contribution is 2.17. The first-order valence-electron chi connectivity index (χ1n) is 7.40. The molecule has 0 fully saturated rings. The molecule has 0 spiro atoms. The molecule has 0 aliphatic heterocycles. The van der Waals surface area contributed by atoms with Crippen LogP contribution in [-0.4, -0.2) is 18.4 Å². The molecule has 23 heavy (non-hydrogen) atoms. The number of benzene rings is 2. The normalized spacial score (nSPS) is 10.4. The van der Waals surface area contributed by atoms with Crippen LogP contribution in [0.15, 0.2) is 53.0 Å². The maximum Gasteiger partial charge on any atom is 0.252 e. The zero-order valence-corrected chi connectivity index (χ0v) is 14.7. The van der Waals surface area contributed by atoms with Crippen molar-refractivity contribution in [2.75, 3.05) is 11.9 Å². The van der Waals surface area contributed by atoms with Gasteiger partial charge in [0.25, 0.3) is 5.91 Å². The number of carbonyl (C=O) groups excluding carboxylic acids is 2. The van der Waals surface area contributed by atoms with Gasteiger partial charge in [0, 0.05) is 10.2 Å². The summed E-state index contributed by atoms with van der Waals surface area (Å²) in [4.78, 5) is 23.9. The Hall–Kier alpha value is -2.14. The molecule has 4 nitrogen and oxygen atoms in total. The Balaban J connectivity index is 1.88. The SMILES string of the molecule is CC(C)c1ccc(NC(=O)CNC(=O)c2ccccc2Br)cc1. The molecule has 2 aromatic rings. The third-order valence-corrected chi connectivity index (χ3v) is 4.08. The minimum atomic E-state index is -0.289. The molecular formula is C18H19BrN2O2. The zero-order valence-electron chi connectivity index (χ0n) is 13.1. The number of nitrogens with one attached hydrogen (secondary N) is 2. The third kappa shape index (κ3) is 4.93. The molecule has 0 unspecified atom stereocenters. The average Bonchev–Trinajstić information content (AvgIpc) is 2.53. The van der Waals surface area contributed by atoms with Gasteiger partial charge >= 0.3 is 0 Å². The van der Waals surface area contributed by atoms with Gasteiger partial charge in [0.1, 0.15) is 0 Å². The van der Waals surface area contributed by atoms with Crippen molar-refractivity contribution < 1.29 is 9.59 Å². The van der Waals surface area contributed by atoms with E-state index in [-0.39, 0.29) is 18.4 Å². The maximum atomic E-state index is 12.0. The first kappa shape index (κ1) is 17.2. The van der Waals surface area contributed by atoms with Crippen molar-refractivity contribution in [3.63, 3.8) is 0 Å². The second-order valence-electron chi connectivity index (χ2n) is 5.49. The maximum absolute atomic E-state index is 12.0. The van der Waals surface area contributed by atoms with Gasteiger partial charge in [-0.1, -0.05) is 38.1 Å². The molecule has 2 amide bonds. The van der Waals surface area contributed by atoms with Crippen molar-refractivity contribution in [1.82, 2.24) is 5.32 Å². The summed E-state index contributed by atoms with van der Waals surface area (Å²) in [6.07, 6.45) is 0. The number of hydrogen-bond donors (Lipinski definition) is 2. The van der Waals surface area contributed by atoms with Gasteiger partial charge in [-0.25, -0.2) is 0 Å². The number of anilines is 1. The molecule has 2 rings (SSSR count). The summed E-state index contributed by atoms with van der Waals surface area (Å²) in [6, 6.07) is 14.8. The van der Waals surface area contributed by atoms with E-state index in [4.69, 9.17) is 0 Å². The first-order valence-corrected chi connectivity index (χ1v) is 8.19. The molecule has 2 N–H and O–H groups in total. The Bertz CT molecular complexity index is 696. The fourth-order valence-electron chi connectivity index (χ4n) is 2.06. The lowest BCUT2D eigenvalue weighted by Gasteiger charge is -2.09. The van der Waals surface area contributed by atoms with Crippen molar-refractivity contribution in [3.8, 4) is 0 Å². The molecule has 120 valence electrons. The Morgan fingerprint density at radius 3 is 2.30 bits per heavy atom. The van der Waals surface area contributed by atoms with Gasteiger partial charge in [-0.15, -0.1) is 0 Å². The van der Waals surface area contributed by atoms with E-state index in [1.54, 1.807) is 18.2 Å². The van der Waals surface area contributed by atoms with Crippen LogP contribution in [0.5, 0.6) is 0 Å². The van der Waals surface area contributed by atoms with Gasteiger partial charge in [0.2, 0.25) is 5.91 Å². The average molecular weight is 375 g/mol. The van der Waals surface area contributed by atoms with Crippen LogP contribution in [0.3, 0.4) is 0 Å². The Labute approximate surface area is 144 Å². The van der Waals surface area contributed by atoms with Crippen LogP contribution in [0.4, 0.5) is 5.69 Å². The van der Waals surface area contributed by atoms with Crippen LogP contribution in [0, 0.1) is 0 Å². The van der Waals surface area contributed by atoms with E-state index in [0.717, 1.165) is 5.69 Å². The Morgan fingerprint density at radius 2 is 1.70 bits per heavy atom. The molecule has 0 aliphatic carbocycles. The monoisotopic (exact) mass is 374 g/mol. The largest absolute Gasteiger partial charge is 0.343 e. The van der Waals surface area contributed by atoms with Crippen LogP contribution in [0.2, 0.25) is 0 Å². The van der Waals surface area contributed by atoms with Crippen molar-refractivity contribution in [2.24, 2.45) is 0 Å². The van der Waals surface area contributed by atoms with Gasteiger partial charge in [0.05, 0.1) is 12.1 Å². The molecule has 0 bridgehead atoms. The fraction of sp³-hybridized carbons (Fsp3) is 0.222. The number of rotatable bonds is 5. The van der Waals surface area contributed by atoms with E-state index in [1.807, 2.05) is 30.3 Å². The standard InChI is InChI=1S/C18H19BrN2O2/c1-12(2)13-7-9-14(10-8-13)21-17(22)11-20-18(23)15-5-3-4-6-16(15)19/h3-10,12H,11H2,1-2H3,(H,20,23)(H,21,22). The summed E-state index contributed by atoms with van der Waals surface area (Å²) >= 11 is 3.31. The van der Waals surface area contributed by atoms with Crippen molar-refractivity contribution in [1.29, 1.82) is 0 Å². The van der Waals surface area contributed by atoms with E-state index >= 15 is 0 Å². The van der Waals surface area contributed by atoms with Crippen molar-refractivity contribution >= 4 is 33.4 Å². The summed E-state index contributed by atoms with van der Waals surface area (Å²) in [5.41, 5.74) is 2.43. The molecule has 0 radical (unpaired) electrons. The van der Waals surface area contributed by atoms with Gasteiger partial charge < -0.3 is 10.6 Å². The predicted octanol–water partition coefficient (Wildman–Crippen LogP) is 3.94. The summed E-state index contributed by atoms with van der Waals surface area (Å²) in [7, 11) is 0. The minimum Gasteiger partial charge on any atom is -0.343 e. The van der Waals surface area contributed by atoms with Crippen LogP contribution >= 0.6 is 15.9 Å². The lowest BCUT2D eigenvalue weighted by atomic mass is 10.0. The van der Waals surface area contributed by atoms with Crippen LogP contribution < -0.4 is 10.6 Å². The van der Waals surface area contributed by atoms with Crippen molar-refractivity contribution in [3.05, 3.63) is 64.1 Å². The fourth-order valence-corrected chi connectivity index (χ4v) is 2.52. The molecule has 0 heterocycles. The first-order chi connectivity index (χ1) is 11.0. The lowest BCUT2D eigenvalue weighted by molar-refractivity contribution is -0.115. The molecule has 0 saturated heterocycles. The molecular weight excluding hydrogens is 356 g/mol. The zero-order chi connectivity index (χ0) is 16.8. The quantitative estimate of drug-likeness (QED) is 0.832. The Kier molecular flexibility index (Phi) is 5.93. The van der Waals surface area contributed by atoms with E-state index in [2.05, 4.69) is 40.4 Å². The molecule has 0 aliphatic rings. The molecule has 0 aromatic heterocycles. The highest BCUT2D eigenvalue weighted by molar-refractivity contribution is 9.10. The van der Waals surface area contributed by atoms with Gasteiger partial charge in [-0.2, -0.15) is 0 Å². The topological polar surface area (TPSA) is 58.2 Å². The summed E-state index contributed by atoms with van der Waals surface area (Å²) in [6.45, 7) is 4.15. The van der Waals surface area contributed by atoms with Gasteiger partial charge in [-0.3, -0.25) is 9.59 Å². The van der Waals surface area contributed by atoms with E-state index in [1.165, 1.54) is 5.56 Å². The van der Waals surface area contributed by atoms with E-state index in [0.29, 0.717) is 16.0 Å². The minimum absolute atomic E-state index is 0.0773. The molecule has 0 atom stereocenters. The van der Waals surface area contributed by atoms with Gasteiger partial charge in [0.15, 0.2) is 0 Å². The summed E-state index contributed by atoms with van der Waals surface area (Å²) in [5.74, 6) is -0.103. The highest BCUT2D eigenvalue weighted by Gasteiger charge is 2.11. The smallest absolute Gasteiger partial charge is 0.252 e. The van der Waals surface area contributed by atoms with E-state index in [9.17, 15) is 9.59 Å². The molecule has 5 heteroatoms. The third-order valence-electron chi connectivity index (χ3n) is 3.39. The molecule has 0 saturated carbocycles. The lowest BCUT2D eigenvalue weighted by Crippen LogP contribution is -2.33. The highest BCUT2D eigenvalue weighted by atomic mass is 79.9. The van der Waals surface area contributed by atoms with Crippen LogP contribution in [0.1, 0.15) is 35.7 Å². The van der Waals surface area contributed by atoms with Gasteiger partial charge in [-0.05, 0) is 51.7 Å². The van der Waals surface area contributed by atoms with E-state index < -0.39 is 0 Å². The van der Waals surface area contributed by atoms with Crippen molar-refractivity contribution in [2.45, 2.75) is 19.8 Å². The number of carbonyl (C=O) groups is 2. The number of hydrogen-bond acceptors (Lipinski definition) is 2. The number of amides is 2. The number of halogens is 1. The second kappa shape index (κ2) is 7.92.